The molecule has 8 heteroatoms. The van der Waals surface area contributed by atoms with Gasteiger partial charge in [-0.05, 0) is 71.0 Å². The van der Waals surface area contributed by atoms with Crippen LogP contribution in [0.5, 0.6) is 0 Å². The third-order valence-corrected chi connectivity index (χ3v) is 4.95. The van der Waals surface area contributed by atoms with Crippen molar-refractivity contribution in [1.29, 1.82) is 0 Å². The molecule has 0 saturated heterocycles. The third kappa shape index (κ3) is 5.01. The lowest BCUT2D eigenvalue weighted by molar-refractivity contribution is 0.0636. The van der Waals surface area contributed by atoms with Crippen molar-refractivity contribution in [3.05, 3.63) is 66.1 Å². The molecule has 3 heterocycles. The van der Waals surface area contributed by atoms with Crippen molar-refractivity contribution in [2.45, 2.75) is 46.3 Å². The van der Waals surface area contributed by atoms with Crippen LogP contribution < -0.4 is 11.1 Å². The molecule has 0 fully saturated rings. The zero-order valence-electron chi connectivity index (χ0n) is 19.5. The van der Waals surface area contributed by atoms with Crippen molar-refractivity contribution in [1.82, 2.24) is 19.7 Å². The zero-order chi connectivity index (χ0) is 23.8. The molecule has 0 aliphatic heterocycles. The maximum atomic E-state index is 12.6. The van der Waals surface area contributed by atoms with Gasteiger partial charge in [-0.15, -0.1) is 0 Å². The van der Waals surface area contributed by atoms with Gasteiger partial charge in [0.05, 0.1) is 28.8 Å². The number of carbonyl (C=O) groups excluding carboxylic acids is 1. The van der Waals surface area contributed by atoms with E-state index in [0.717, 1.165) is 33.5 Å². The Hall–Kier alpha value is -3.78. The first kappa shape index (κ1) is 22.4. The normalized spacial score (nSPS) is 12.5. The highest BCUT2D eigenvalue weighted by molar-refractivity contribution is 6.01. The second kappa shape index (κ2) is 8.63. The maximum absolute atomic E-state index is 12.6. The van der Waals surface area contributed by atoms with E-state index in [1.54, 1.807) is 10.9 Å². The highest BCUT2D eigenvalue weighted by atomic mass is 16.6. The molecule has 3 aromatic heterocycles. The van der Waals surface area contributed by atoms with Crippen LogP contribution >= 0.6 is 0 Å². The van der Waals surface area contributed by atoms with Gasteiger partial charge in [-0.1, -0.05) is 12.1 Å². The molecule has 8 nitrogen and oxygen atoms in total. The number of anilines is 1. The molecule has 0 saturated carbocycles. The Kier molecular flexibility index (Phi) is 5.86. The zero-order valence-corrected chi connectivity index (χ0v) is 19.5. The fourth-order valence-corrected chi connectivity index (χ4v) is 3.49. The summed E-state index contributed by atoms with van der Waals surface area (Å²) in [5, 5.41) is 8.19. The number of fused-ring (bicyclic) bond motifs is 1. The predicted octanol–water partition coefficient (Wildman–Crippen LogP) is 5.16. The summed E-state index contributed by atoms with van der Waals surface area (Å²) in [6.45, 7) is 9.29. The fraction of sp³-hybridized carbons (Fsp3) is 0.280. The molecule has 4 rings (SSSR count). The van der Waals surface area contributed by atoms with E-state index < -0.39 is 11.7 Å². The van der Waals surface area contributed by atoms with Crippen LogP contribution in [0, 0.1) is 6.92 Å². The van der Waals surface area contributed by atoms with E-state index in [2.05, 4.69) is 15.4 Å². The highest BCUT2D eigenvalue weighted by Gasteiger charge is 2.19. The molecule has 170 valence electrons. The molecule has 33 heavy (non-hydrogen) atoms. The van der Waals surface area contributed by atoms with E-state index >= 15 is 0 Å². The molecule has 4 aromatic rings. The number of aromatic nitrogens is 4. The molecule has 0 aliphatic carbocycles. The largest absolute Gasteiger partial charge is 0.444 e. The molecule has 1 unspecified atom stereocenters. The average Bonchev–Trinajstić information content (AvgIpc) is 3.17. The van der Waals surface area contributed by atoms with Crippen LogP contribution in [-0.2, 0) is 4.74 Å². The van der Waals surface area contributed by atoms with Gasteiger partial charge in [0.25, 0.3) is 0 Å². The molecule has 0 aliphatic rings. The Labute approximate surface area is 192 Å². The number of nitrogens with two attached hydrogens (primary N) is 1. The van der Waals surface area contributed by atoms with E-state index in [9.17, 15) is 4.79 Å². The number of rotatable bonds is 4. The number of hydrogen-bond acceptors (Lipinski definition) is 6. The summed E-state index contributed by atoms with van der Waals surface area (Å²) in [4.78, 5) is 21.9. The number of aryl methyl sites for hydroxylation is 1. The topological polar surface area (TPSA) is 108 Å². The molecular formula is C25H28N6O2. The molecule has 1 atom stereocenters. The first-order chi connectivity index (χ1) is 15.6. The van der Waals surface area contributed by atoms with E-state index in [-0.39, 0.29) is 6.04 Å². The van der Waals surface area contributed by atoms with Gasteiger partial charge in [0.15, 0.2) is 5.82 Å². The number of nitrogens with zero attached hydrogens (tertiary/aromatic N) is 4. The number of pyridine rings is 2. The summed E-state index contributed by atoms with van der Waals surface area (Å²) in [6, 6.07) is 15.1. The van der Waals surface area contributed by atoms with Gasteiger partial charge in [0.2, 0.25) is 0 Å². The number of benzene rings is 1. The second-order valence-corrected chi connectivity index (χ2v) is 9.01. The minimum atomic E-state index is -0.621. The van der Waals surface area contributed by atoms with Crippen molar-refractivity contribution in [2.24, 2.45) is 5.73 Å². The monoisotopic (exact) mass is 444 g/mol. The van der Waals surface area contributed by atoms with Gasteiger partial charge in [-0.3, -0.25) is 10.3 Å². The Balaban J connectivity index is 1.88. The summed E-state index contributed by atoms with van der Waals surface area (Å²) in [5.41, 5.74) is 9.99. The molecule has 1 aromatic carbocycles. The van der Waals surface area contributed by atoms with Crippen LogP contribution in [0.25, 0.3) is 28.0 Å². The van der Waals surface area contributed by atoms with Crippen molar-refractivity contribution in [3.8, 4) is 17.1 Å². The lowest BCUT2D eigenvalue weighted by atomic mass is 10.1. The smallest absolute Gasteiger partial charge is 0.412 e. The van der Waals surface area contributed by atoms with Crippen molar-refractivity contribution < 1.29 is 9.53 Å². The first-order valence-corrected chi connectivity index (χ1v) is 10.8. The number of ether oxygens (including phenoxy) is 1. The van der Waals surface area contributed by atoms with Crippen LogP contribution in [0.15, 0.2) is 54.7 Å². The highest BCUT2D eigenvalue weighted by Crippen LogP contribution is 2.32. The Morgan fingerprint density at radius 1 is 1.12 bits per heavy atom. The van der Waals surface area contributed by atoms with Gasteiger partial charge >= 0.3 is 6.09 Å². The molecule has 0 bridgehead atoms. The number of hydrogen-bond donors (Lipinski definition) is 2. The second-order valence-electron chi connectivity index (χ2n) is 9.01. The number of amides is 1. The summed E-state index contributed by atoms with van der Waals surface area (Å²) >= 11 is 0. The fourth-order valence-electron chi connectivity index (χ4n) is 3.49. The molecule has 3 N–H and O–H groups in total. The summed E-state index contributed by atoms with van der Waals surface area (Å²) in [6.07, 6.45) is 1.17. The minimum Gasteiger partial charge on any atom is -0.444 e. The lowest BCUT2D eigenvalue weighted by Crippen LogP contribution is -2.27. The maximum Gasteiger partial charge on any atom is 0.412 e. The van der Waals surface area contributed by atoms with Gasteiger partial charge in [-0.2, -0.15) is 5.10 Å². The molecule has 0 radical (unpaired) electrons. The molecule has 0 spiro atoms. The lowest BCUT2D eigenvalue weighted by Gasteiger charge is -2.20. The van der Waals surface area contributed by atoms with Gasteiger partial charge < -0.3 is 10.5 Å². The van der Waals surface area contributed by atoms with Crippen LogP contribution in [0.3, 0.4) is 0 Å². The van der Waals surface area contributed by atoms with Crippen molar-refractivity contribution in [3.63, 3.8) is 0 Å². The van der Waals surface area contributed by atoms with E-state index in [0.29, 0.717) is 11.5 Å². The van der Waals surface area contributed by atoms with E-state index in [4.69, 9.17) is 15.5 Å². The van der Waals surface area contributed by atoms with Crippen molar-refractivity contribution >= 4 is 22.7 Å². The van der Waals surface area contributed by atoms with Gasteiger partial charge in [0, 0.05) is 22.7 Å². The van der Waals surface area contributed by atoms with Crippen LogP contribution in [0.4, 0.5) is 10.5 Å². The minimum absolute atomic E-state index is 0.199. The predicted molar refractivity (Wildman–Crippen MR) is 129 cm³/mol. The Bertz CT molecular complexity index is 1320. The Morgan fingerprint density at radius 2 is 1.88 bits per heavy atom. The van der Waals surface area contributed by atoms with Crippen molar-refractivity contribution in [2.75, 3.05) is 5.32 Å². The van der Waals surface area contributed by atoms with Gasteiger partial charge in [-0.25, -0.2) is 14.5 Å². The summed E-state index contributed by atoms with van der Waals surface area (Å²) < 4.78 is 7.22. The average molecular weight is 445 g/mol. The van der Waals surface area contributed by atoms with Crippen LogP contribution in [0.2, 0.25) is 0 Å². The summed E-state index contributed by atoms with van der Waals surface area (Å²) in [7, 11) is 0. The van der Waals surface area contributed by atoms with Crippen LogP contribution in [-0.4, -0.2) is 31.4 Å². The van der Waals surface area contributed by atoms with E-state index in [1.807, 2.05) is 83.1 Å². The number of carbonyl (C=O) groups is 1. The number of nitrogens with one attached hydrogen (secondary N) is 1. The van der Waals surface area contributed by atoms with E-state index in [1.165, 1.54) is 0 Å². The summed E-state index contributed by atoms with van der Waals surface area (Å²) in [5.74, 6) is 0.683. The third-order valence-electron chi connectivity index (χ3n) is 4.95. The SMILES string of the molecule is Cc1cccc(-n2ncc3c(NC(=O)OC(C)(C)C)cc(-c4cccc(C(C)N)n4)cc32)n1. The van der Waals surface area contributed by atoms with Crippen LogP contribution in [0.1, 0.15) is 45.1 Å². The molecular weight excluding hydrogens is 416 g/mol. The molecule has 1 amide bonds. The van der Waals surface area contributed by atoms with Gasteiger partial charge in [0.1, 0.15) is 5.60 Å². The quantitative estimate of drug-likeness (QED) is 0.450. The first-order valence-electron chi connectivity index (χ1n) is 10.8. The Morgan fingerprint density at radius 3 is 2.58 bits per heavy atom. The standard InChI is InChI=1S/C25H28N6O2/c1-15-8-6-11-23(28-15)31-22-13-17(20-10-7-9-19(29-20)16(2)26)12-21(18(22)14-27-31)30-24(32)33-25(3,4)5/h6-14,16H,26H2,1-5H3,(H,30,32).